The van der Waals surface area contributed by atoms with E-state index in [-0.39, 0.29) is 11.8 Å². The summed E-state index contributed by atoms with van der Waals surface area (Å²) >= 11 is 1.64. The van der Waals surface area contributed by atoms with Crippen molar-refractivity contribution in [3.8, 4) is 11.3 Å². The number of pyridine rings is 1. The number of carbonyl (C=O) groups is 1. The molecule has 2 aromatic heterocycles. The molecule has 1 fully saturated rings. The van der Waals surface area contributed by atoms with Crippen LogP contribution in [-0.2, 0) is 11.2 Å². The van der Waals surface area contributed by atoms with E-state index >= 15 is 0 Å². The van der Waals surface area contributed by atoms with Crippen LogP contribution in [0.5, 0.6) is 0 Å². The van der Waals surface area contributed by atoms with E-state index in [9.17, 15) is 4.79 Å². The van der Waals surface area contributed by atoms with Crippen LogP contribution in [0.15, 0.2) is 29.9 Å². The van der Waals surface area contributed by atoms with Crippen molar-refractivity contribution in [3.05, 3.63) is 34.9 Å². The average Bonchev–Trinajstić information content (AvgIpc) is 3.20. The third-order valence-corrected chi connectivity index (χ3v) is 4.02. The first-order valence-electron chi connectivity index (χ1n) is 6.45. The lowest BCUT2D eigenvalue weighted by Crippen LogP contribution is -2.26. The first-order valence-corrected chi connectivity index (χ1v) is 7.33. The van der Waals surface area contributed by atoms with E-state index in [0.717, 1.165) is 35.5 Å². The van der Waals surface area contributed by atoms with E-state index in [1.54, 1.807) is 23.7 Å². The summed E-state index contributed by atoms with van der Waals surface area (Å²) in [5.41, 5.74) is 2.07. The van der Waals surface area contributed by atoms with Gasteiger partial charge in [0, 0.05) is 42.2 Å². The molecule has 0 aliphatic heterocycles. The molecule has 0 radical (unpaired) electrons. The summed E-state index contributed by atoms with van der Waals surface area (Å²) in [6.45, 7) is 0.679. The summed E-state index contributed by atoms with van der Waals surface area (Å²) < 4.78 is 0. The molecule has 5 heteroatoms. The Morgan fingerprint density at radius 1 is 1.37 bits per heavy atom. The number of nitrogens with zero attached hydrogens (tertiary/aromatic N) is 2. The number of aromatic nitrogens is 2. The van der Waals surface area contributed by atoms with Gasteiger partial charge in [0.15, 0.2) is 0 Å². The molecule has 1 N–H and O–H groups in total. The van der Waals surface area contributed by atoms with E-state index in [1.165, 1.54) is 0 Å². The van der Waals surface area contributed by atoms with Crippen molar-refractivity contribution in [2.24, 2.45) is 5.92 Å². The number of rotatable bonds is 5. The van der Waals surface area contributed by atoms with Crippen molar-refractivity contribution in [2.45, 2.75) is 19.3 Å². The fourth-order valence-electron chi connectivity index (χ4n) is 1.86. The van der Waals surface area contributed by atoms with E-state index in [0.29, 0.717) is 6.54 Å². The van der Waals surface area contributed by atoms with Crippen molar-refractivity contribution >= 4 is 17.2 Å². The lowest BCUT2D eigenvalue weighted by Gasteiger charge is -2.01. The van der Waals surface area contributed by atoms with Crippen LogP contribution in [0.1, 0.15) is 17.8 Å². The fraction of sp³-hybridized carbons (Fsp3) is 0.357. The Morgan fingerprint density at radius 3 is 2.89 bits per heavy atom. The monoisotopic (exact) mass is 273 g/mol. The molecule has 0 spiro atoms. The van der Waals surface area contributed by atoms with Crippen LogP contribution in [0.4, 0.5) is 0 Å². The second-order valence-corrected chi connectivity index (χ2v) is 5.62. The van der Waals surface area contributed by atoms with Crippen LogP contribution in [0.25, 0.3) is 11.3 Å². The number of carbonyl (C=O) groups excluding carboxylic acids is 1. The number of nitrogens with one attached hydrogen (secondary N) is 1. The Morgan fingerprint density at radius 2 is 2.16 bits per heavy atom. The average molecular weight is 273 g/mol. The highest BCUT2D eigenvalue weighted by Gasteiger charge is 2.29. The minimum atomic E-state index is 0.200. The van der Waals surface area contributed by atoms with Gasteiger partial charge in [-0.25, -0.2) is 4.98 Å². The van der Waals surface area contributed by atoms with Crippen LogP contribution >= 0.6 is 11.3 Å². The molecule has 0 bridgehead atoms. The van der Waals surface area contributed by atoms with Crippen molar-refractivity contribution in [3.63, 3.8) is 0 Å². The predicted octanol–water partition coefficient (Wildman–Crippen LogP) is 2.27. The summed E-state index contributed by atoms with van der Waals surface area (Å²) in [6.07, 6.45) is 6.44. The second kappa shape index (κ2) is 5.48. The minimum absolute atomic E-state index is 0.200. The van der Waals surface area contributed by atoms with E-state index in [2.05, 4.69) is 15.3 Å². The third-order valence-electron chi connectivity index (χ3n) is 3.11. The summed E-state index contributed by atoms with van der Waals surface area (Å²) in [5, 5.41) is 6.07. The molecule has 19 heavy (non-hydrogen) atoms. The Hall–Kier alpha value is -1.75. The molecule has 1 saturated carbocycles. The van der Waals surface area contributed by atoms with E-state index in [1.807, 2.05) is 17.5 Å². The van der Waals surface area contributed by atoms with Crippen molar-refractivity contribution in [2.75, 3.05) is 6.54 Å². The van der Waals surface area contributed by atoms with Crippen LogP contribution < -0.4 is 5.32 Å². The molecule has 0 aromatic carbocycles. The SMILES string of the molecule is O=C(NCCc1nc(-c2ccncc2)cs1)C1CC1. The maximum Gasteiger partial charge on any atom is 0.223 e. The number of amides is 1. The molecule has 3 rings (SSSR count). The first kappa shape index (κ1) is 12.3. The van der Waals surface area contributed by atoms with Gasteiger partial charge in [0.1, 0.15) is 0 Å². The van der Waals surface area contributed by atoms with Gasteiger partial charge in [-0.05, 0) is 25.0 Å². The van der Waals surface area contributed by atoms with Gasteiger partial charge in [0.2, 0.25) is 5.91 Å². The quantitative estimate of drug-likeness (QED) is 0.909. The van der Waals surface area contributed by atoms with Gasteiger partial charge in [-0.2, -0.15) is 0 Å². The van der Waals surface area contributed by atoms with Crippen molar-refractivity contribution in [1.29, 1.82) is 0 Å². The smallest absolute Gasteiger partial charge is 0.223 e. The van der Waals surface area contributed by atoms with E-state index < -0.39 is 0 Å². The van der Waals surface area contributed by atoms with Gasteiger partial charge < -0.3 is 5.32 Å². The zero-order valence-electron chi connectivity index (χ0n) is 10.5. The molecule has 0 unspecified atom stereocenters. The summed E-state index contributed by atoms with van der Waals surface area (Å²) in [6, 6.07) is 3.90. The van der Waals surface area contributed by atoms with Crippen LogP contribution in [0.2, 0.25) is 0 Å². The highest BCUT2D eigenvalue weighted by Crippen LogP contribution is 2.28. The highest BCUT2D eigenvalue weighted by atomic mass is 32.1. The first-order chi connectivity index (χ1) is 9.33. The van der Waals surface area contributed by atoms with Crippen LogP contribution in [0.3, 0.4) is 0 Å². The van der Waals surface area contributed by atoms with Crippen molar-refractivity contribution < 1.29 is 4.79 Å². The molecule has 2 heterocycles. The number of hydrogen-bond acceptors (Lipinski definition) is 4. The molecule has 98 valence electrons. The molecule has 1 amide bonds. The number of thiazole rings is 1. The Labute approximate surface area is 115 Å². The van der Waals surface area contributed by atoms with Crippen molar-refractivity contribution in [1.82, 2.24) is 15.3 Å². The van der Waals surface area contributed by atoms with Crippen LogP contribution in [-0.4, -0.2) is 22.4 Å². The van der Waals surface area contributed by atoms with Gasteiger partial charge in [-0.3, -0.25) is 9.78 Å². The van der Waals surface area contributed by atoms with Crippen LogP contribution in [0, 0.1) is 5.92 Å². The third kappa shape index (κ3) is 3.17. The molecule has 4 nitrogen and oxygen atoms in total. The van der Waals surface area contributed by atoms with Gasteiger partial charge in [0.05, 0.1) is 10.7 Å². The standard InChI is InChI=1S/C14H15N3OS/c18-14(11-1-2-11)16-8-5-13-17-12(9-19-13)10-3-6-15-7-4-10/h3-4,6-7,9,11H,1-2,5,8H2,(H,16,18). The van der Waals surface area contributed by atoms with Gasteiger partial charge in [0.25, 0.3) is 0 Å². The largest absolute Gasteiger partial charge is 0.355 e. The van der Waals surface area contributed by atoms with E-state index in [4.69, 9.17) is 0 Å². The second-order valence-electron chi connectivity index (χ2n) is 4.68. The lowest BCUT2D eigenvalue weighted by atomic mass is 10.2. The predicted molar refractivity (Wildman–Crippen MR) is 74.8 cm³/mol. The minimum Gasteiger partial charge on any atom is -0.355 e. The number of hydrogen-bond donors (Lipinski definition) is 1. The molecule has 2 aromatic rings. The Balaban J connectivity index is 1.54. The zero-order chi connectivity index (χ0) is 13.1. The maximum atomic E-state index is 11.5. The normalized spacial score (nSPS) is 14.3. The summed E-state index contributed by atoms with van der Waals surface area (Å²) in [7, 11) is 0. The molecular formula is C14H15N3OS. The molecule has 1 aliphatic carbocycles. The lowest BCUT2D eigenvalue weighted by molar-refractivity contribution is -0.122. The zero-order valence-corrected chi connectivity index (χ0v) is 11.3. The summed E-state index contributed by atoms with van der Waals surface area (Å²) in [5.74, 6) is 0.481. The molecule has 0 saturated heterocycles. The maximum absolute atomic E-state index is 11.5. The molecule has 0 atom stereocenters. The Bertz CT molecular complexity index is 563. The summed E-state index contributed by atoms with van der Waals surface area (Å²) in [4.78, 5) is 20.1. The van der Waals surface area contributed by atoms with Gasteiger partial charge >= 0.3 is 0 Å². The topological polar surface area (TPSA) is 54.9 Å². The molecule has 1 aliphatic rings. The highest BCUT2D eigenvalue weighted by molar-refractivity contribution is 7.09. The Kier molecular flexibility index (Phi) is 3.55. The van der Waals surface area contributed by atoms with Gasteiger partial charge in [-0.1, -0.05) is 0 Å². The fourth-order valence-corrected chi connectivity index (χ4v) is 2.67. The molecular weight excluding hydrogens is 258 g/mol. The van der Waals surface area contributed by atoms with Gasteiger partial charge in [-0.15, -0.1) is 11.3 Å².